The zero-order chi connectivity index (χ0) is 10.8. The maximum absolute atomic E-state index is 9.73. The van der Waals surface area contributed by atoms with Gasteiger partial charge in [0.15, 0.2) is 0 Å². The molecule has 0 saturated carbocycles. The lowest BCUT2D eigenvalue weighted by atomic mass is 9.97. The topological polar surface area (TPSA) is 32.3 Å². The number of rotatable bonds is 2. The Morgan fingerprint density at radius 2 is 2.20 bits per heavy atom. The minimum absolute atomic E-state index is 0.175. The fourth-order valence-corrected chi connectivity index (χ4v) is 2.27. The molecule has 0 aliphatic carbocycles. The van der Waals surface area contributed by atoms with E-state index in [-0.39, 0.29) is 12.1 Å². The molecule has 15 heavy (non-hydrogen) atoms. The standard InChI is InChI=1S/C13H19NO/c1-9-3-4-11(10(2)7-9)8-12-13(15)5-6-14-12/h3-4,7,12-15H,5-6,8H2,1-2H3. The van der Waals surface area contributed by atoms with E-state index >= 15 is 0 Å². The first kappa shape index (κ1) is 10.7. The van der Waals surface area contributed by atoms with E-state index < -0.39 is 0 Å². The van der Waals surface area contributed by atoms with Gasteiger partial charge < -0.3 is 10.4 Å². The number of hydrogen-bond donors (Lipinski definition) is 2. The Kier molecular flexibility index (Phi) is 3.08. The molecule has 1 heterocycles. The van der Waals surface area contributed by atoms with Crippen LogP contribution in [0.2, 0.25) is 0 Å². The molecular formula is C13H19NO. The van der Waals surface area contributed by atoms with Crippen molar-refractivity contribution in [2.45, 2.75) is 38.8 Å². The van der Waals surface area contributed by atoms with Gasteiger partial charge in [0.1, 0.15) is 0 Å². The van der Waals surface area contributed by atoms with Crippen molar-refractivity contribution >= 4 is 0 Å². The highest BCUT2D eigenvalue weighted by Crippen LogP contribution is 2.17. The van der Waals surface area contributed by atoms with Gasteiger partial charge in [-0.25, -0.2) is 0 Å². The van der Waals surface area contributed by atoms with Crippen molar-refractivity contribution in [1.82, 2.24) is 5.32 Å². The second-order valence-corrected chi connectivity index (χ2v) is 4.55. The van der Waals surface area contributed by atoms with Gasteiger partial charge in [-0.3, -0.25) is 0 Å². The summed E-state index contributed by atoms with van der Waals surface area (Å²) in [6.45, 7) is 5.19. The third-order valence-corrected chi connectivity index (χ3v) is 3.25. The molecule has 1 aromatic rings. The fraction of sp³-hybridized carbons (Fsp3) is 0.538. The van der Waals surface area contributed by atoms with Crippen molar-refractivity contribution in [3.05, 3.63) is 34.9 Å². The Balaban J connectivity index is 2.10. The fourth-order valence-electron chi connectivity index (χ4n) is 2.27. The molecule has 1 saturated heterocycles. The molecule has 2 atom stereocenters. The molecule has 1 aromatic carbocycles. The number of aliphatic hydroxyl groups is 1. The van der Waals surface area contributed by atoms with Gasteiger partial charge in [0.2, 0.25) is 0 Å². The van der Waals surface area contributed by atoms with Crippen molar-refractivity contribution in [2.75, 3.05) is 6.54 Å². The predicted molar refractivity (Wildman–Crippen MR) is 62.0 cm³/mol. The Labute approximate surface area is 91.3 Å². The van der Waals surface area contributed by atoms with Crippen molar-refractivity contribution in [2.24, 2.45) is 0 Å². The lowest BCUT2D eigenvalue weighted by molar-refractivity contribution is 0.159. The van der Waals surface area contributed by atoms with Crippen LogP contribution >= 0.6 is 0 Å². The number of benzene rings is 1. The summed E-state index contributed by atoms with van der Waals surface area (Å²) in [6.07, 6.45) is 1.65. The van der Waals surface area contributed by atoms with Crippen LogP contribution in [0, 0.1) is 13.8 Å². The maximum Gasteiger partial charge on any atom is 0.0708 e. The molecule has 82 valence electrons. The minimum Gasteiger partial charge on any atom is -0.391 e. The minimum atomic E-state index is -0.175. The summed E-state index contributed by atoms with van der Waals surface area (Å²) in [5.74, 6) is 0. The summed E-state index contributed by atoms with van der Waals surface area (Å²) in [4.78, 5) is 0. The van der Waals surface area contributed by atoms with Gasteiger partial charge in [0.25, 0.3) is 0 Å². The highest BCUT2D eigenvalue weighted by molar-refractivity contribution is 5.31. The second-order valence-electron chi connectivity index (χ2n) is 4.55. The summed E-state index contributed by atoms with van der Waals surface area (Å²) in [7, 11) is 0. The van der Waals surface area contributed by atoms with E-state index in [0.29, 0.717) is 0 Å². The summed E-state index contributed by atoms with van der Waals surface area (Å²) in [5, 5.41) is 13.1. The van der Waals surface area contributed by atoms with Gasteiger partial charge in [-0.2, -0.15) is 0 Å². The molecule has 0 aromatic heterocycles. The van der Waals surface area contributed by atoms with Crippen LogP contribution in [0.3, 0.4) is 0 Å². The summed E-state index contributed by atoms with van der Waals surface area (Å²) < 4.78 is 0. The van der Waals surface area contributed by atoms with E-state index in [9.17, 15) is 5.11 Å². The molecule has 0 spiro atoms. The molecule has 2 N–H and O–H groups in total. The lowest BCUT2D eigenvalue weighted by Crippen LogP contribution is -2.32. The number of nitrogens with one attached hydrogen (secondary N) is 1. The van der Waals surface area contributed by atoms with Crippen LogP contribution < -0.4 is 5.32 Å². The molecule has 1 aliphatic rings. The SMILES string of the molecule is Cc1ccc(CC2NCCC2O)c(C)c1. The molecule has 2 unspecified atom stereocenters. The van der Waals surface area contributed by atoms with Gasteiger partial charge in [-0.1, -0.05) is 23.8 Å². The third kappa shape index (κ3) is 2.39. The number of aryl methyl sites for hydroxylation is 2. The Morgan fingerprint density at radius 1 is 1.40 bits per heavy atom. The Hall–Kier alpha value is -0.860. The zero-order valence-corrected chi connectivity index (χ0v) is 9.46. The van der Waals surface area contributed by atoms with Gasteiger partial charge in [0, 0.05) is 6.04 Å². The first-order valence-electron chi connectivity index (χ1n) is 5.64. The van der Waals surface area contributed by atoms with E-state index in [0.717, 1.165) is 19.4 Å². The number of hydrogen-bond acceptors (Lipinski definition) is 2. The Bertz CT molecular complexity index is 348. The van der Waals surface area contributed by atoms with Crippen molar-refractivity contribution in [3.8, 4) is 0 Å². The first-order chi connectivity index (χ1) is 7.16. The van der Waals surface area contributed by atoms with Crippen LogP contribution in [0.25, 0.3) is 0 Å². The highest BCUT2D eigenvalue weighted by atomic mass is 16.3. The van der Waals surface area contributed by atoms with Gasteiger partial charge in [-0.05, 0) is 44.4 Å². The lowest BCUT2D eigenvalue weighted by Gasteiger charge is -2.16. The van der Waals surface area contributed by atoms with E-state index in [1.54, 1.807) is 0 Å². The maximum atomic E-state index is 9.73. The van der Waals surface area contributed by atoms with Crippen molar-refractivity contribution in [3.63, 3.8) is 0 Å². The molecule has 0 bridgehead atoms. The first-order valence-corrected chi connectivity index (χ1v) is 5.64. The van der Waals surface area contributed by atoms with E-state index in [2.05, 4.69) is 37.4 Å². The van der Waals surface area contributed by atoms with Crippen LogP contribution in [0.15, 0.2) is 18.2 Å². The number of aliphatic hydroxyl groups excluding tert-OH is 1. The zero-order valence-electron chi connectivity index (χ0n) is 9.46. The van der Waals surface area contributed by atoms with Crippen LogP contribution in [-0.2, 0) is 6.42 Å². The largest absolute Gasteiger partial charge is 0.391 e. The van der Waals surface area contributed by atoms with E-state index in [1.807, 2.05) is 0 Å². The quantitative estimate of drug-likeness (QED) is 0.768. The highest BCUT2D eigenvalue weighted by Gasteiger charge is 2.24. The molecule has 2 nitrogen and oxygen atoms in total. The molecule has 2 rings (SSSR count). The smallest absolute Gasteiger partial charge is 0.0708 e. The third-order valence-electron chi connectivity index (χ3n) is 3.25. The monoisotopic (exact) mass is 205 g/mol. The average Bonchev–Trinajstić information content (AvgIpc) is 2.57. The molecule has 0 amide bonds. The summed E-state index contributed by atoms with van der Waals surface area (Å²) in [5.41, 5.74) is 3.98. The van der Waals surface area contributed by atoms with Crippen LogP contribution in [-0.4, -0.2) is 23.8 Å². The normalized spacial score (nSPS) is 25.8. The second kappa shape index (κ2) is 4.33. The summed E-state index contributed by atoms with van der Waals surface area (Å²) >= 11 is 0. The van der Waals surface area contributed by atoms with Gasteiger partial charge in [-0.15, -0.1) is 0 Å². The van der Waals surface area contributed by atoms with Crippen molar-refractivity contribution in [1.29, 1.82) is 0 Å². The van der Waals surface area contributed by atoms with E-state index in [4.69, 9.17) is 0 Å². The molecule has 2 heteroatoms. The molecule has 0 radical (unpaired) electrons. The average molecular weight is 205 g/mol. The van der Waals surface area contributed by atoms with Gasteiger partial charge in [0.05, 0.1) is 6.10 Å². The van der Waals surface area contributed by atoms with Gasteiger partial charge >= 0.3 is 0 Å². The van der Waals surface area contributed by atoms with E-state index in [1.165, 1.54) is 16.7 Å². The molecule has 1 fully saturated rings. The van der Waals surface area contributed by atoms with Crippen LogP contribution in [0.4, 0.5) is 0 Å². The predicted octanol–water partition coefficient (Wildman–Crippen LogP) is 1.57. The molecule has 1 aliphatic heterocycles. The van der Waals surface area contributed by atoms with Crippen molar-refractivity contribution < 1.29 is 5.11 Å². The van der Waals surface area contributed by atoms with Crippen LogP contribution in [0.1, 0.15) is 23.1 Å². The Morgan fingerprint density at radius 3 is 2.80 bits per heavy atom. The summed E-state index contributed by atoms with van der Waals surface area (Å²) in [6, 6.07) is 6.77. The molecular weight excluding hydrogens is 186 g/mol. The van der Waals surface area contributed by atoms with Crippen LogP contribution in [0.5, 0.6) is 0 Å².